The monoisotopic (exact) mass is 471 g/mol. The third-order valence-corrected chi connectivity index (χ3v) is 8.38. The first-order chi connectivity index (χ1) is 15.0. The van der Waals surface area contributed by atoms with Crippen LogP contribution in [0.4, 0.5) is 10.9 Å². The van der Waals surface area contributed by atoms with Gasteiger partial charge >= 0.3 is 0 Å². The van der Waals surface area contributed by atoms with E-state index < -0.39 is 10.0 Å². The van der Waals surface area contributed by atoms with Gasteiger partial charge in [-0.05, 0) is 49.1 Å². The zero-order valence-electron chi connectivity index (χ0n) is 18.4. The predicted octanol–water partition coefficient (Wildman–Crippen LogP) is 2.60. The molecule has 1 aliphatic rings. The standard InChI is InChI=1S/C22H25N5O3S2/c1-13-21(32(23,29)30)31-22(24-13)27(4)20(28)17-10-14-8-9-15(11-16(14)12-17)18-6-5-7-19(25-18)26(2)3/h5-9,11,17H,10,12H2,1-4H3,(H2,23,29,30). The number of pyridine rings is 1. The van der Waals surface area contributed by atoms with Gasteiger partial charge < -0.3 is 4.90 Å². The number of anilines is 2. The molecule has 8 nitrogen and oxygen atoms in total. The molecule has 1 aromatic carbocycles. The number of carbonyl (C=O) groups is 1. The first kappa shape index (κ1) is 22.4. The summed E-state index contributed by atoms with van der Waals surface area (Å²) in [5, 5.41) is 5.58. The van der Waals surface area contributed by atoms with Crippen molar-refractivity contribution in [3.8, 4) is 11.3 Å². The van der Waals surface area contributed by atoms with Crippen molar-refractivity contribution in [3.63, 3.8) is 0 Å². The number of fused-ring (bicyclic) bond motifs is 1. The van der Waals surface area contributed by atoms with E-state index in [2.05, 4.69) is 17.1 Å². The van der Waals surface area contributed by atoms with Gasteiger partial charge in [0.15, 0.2) is 9.34 Å². The van der Waals surface area contributed by atoms with Crippen LogP contribution in [0.15, 0.2) is 40.6 Å². The van der Waals surface area contributed by atoms with E-state index in [0.29, 0.717) is 23.7 Å². The average Bonchev–Trinajstić information content (AvgIpc) is 3.35. The third-order valence-electron chi connectivity index (χ3n) is 5.60. The summed E-state index contributed by atoms with van der Waals surface area (Å²) in [7, 11) is 1.67. The highest BCUT2D eigenvalue weighted by molar-refractivity contribution is 7.91. The number of aryl methyl sites for hydroxylation is 1. The largest absolute Gasteiger partial charge is 0.363 e. The Labute approximate surface area is 191 Å². The molecule has 2 N–H and O–H groups in total. The number of sulfonamides is 1. The van der Waals surface area contributed by atoms with Crippen molar-refractivity contribution in [1.82, 2.24) is 9.97 Å². The molecule has 2 heterocycles. The molecule has 1 unspecified atom stereocenters. The van der Waals surface area contributed by atoms with Crippen molar-refractivity contribution < 1.29 is 13.2 Å². The smallest absolute Gasteiger partial charge is 0.249 e. The van der Waals surface area contributed by atoms with Gasteiger partial charge in [0.25, 0.3) is 0 Å². The first-order valence-electron chi connectivity index (χ1n) is 10.1. The minimum absolute atomic E-state index is 0.0149. The van der Waals surface area contributed by atoms with Crippen LogP contribution in [-0.4, -0.2) is 45.4 Å². The summed E-state index contributed by atoms with van der Waals surface area (Å²) in [6, 6.07) is 12.1. The Hall–Kier alpha value is -2.82. The number of primary sulfonamides is 1. The van der Waals surface area contributed by atoms with Crippen LogP contribution in [0, 0.1) is 12.8 Å². The lowest BCUT2D eigenvalue weighted by atomic mass is 10.0. The second-order valence-corrected chi connectivity index (χ2v) is 10.9. The Morgan fingerprint density at radius 2 is 1.81 bits per heavy atom. The van der Waals surface area contributed by atoms with Crippen LogP contribution in [0.25, 0.3) is 11.3 Å². The Morgan fingerprint density at radius 1 is 1.09 bits per heavy atom. The number of thiazole rings is 1. The van der Waals surface area contributed by atoms with E-state index in [1.54, 1.807) is 14.0 Å². The lowest BCUT2D eigenvalue weighted by Gasteiger charge is -2.18. The summed E-state index contributed by atoms with van der Waals surface area (Å²) >= 11 is 0.918. The van der Waals surface area contributed by atoms with E-state index in [1.165, 1.54) is 4.90 Å². The number of amides is 1. The fourth-order valence-electron chi connectivity index (χ4n) is 3.93. The number of nitrogens with zero attached hydrogens (tertiary/aromatic N) is 4. The Balaban J connectivity index is 1.54. The third kappa shape index (κ3) is 4.25. The molecule has 0 saturated heterocycles. The number of hydrogen-bond donors (Lipinski definition) is 1. The highest BCUT2D eigenvalue weighted by Gasteiger charge is 2.32. The van der Waals surface area contributed by atoms with E-state index in [9.17, 15) is 13.2 Å². The topological polar surface area (TPSA) is 109 Å². The molecule has 32 heavy (non-hydrogen) atoms. The highest BCUT2D eigenvalue weighted by Crippen LogP contribution is 2.34. The second kappa shape index (κ2) is 8.27. The maximum atomic E-state index is 13.2. The van der Waals surface area contributed by atoms with Crippen molar-refractivity contribution in [2.24, 2.45) is 11.1 Å². The lowest BCUT2D eigenvalue weighted by Crippen LogP contribution is -2.33. The van der Waals surface area contributed by atoms with Gasteiger partial charge in [-0.3, -0.25) is 9.69 Å². The summed E-state index contributed by atoms with van der Waals surface area (Å²) < 4.78 is 23.4. The van der Waals surface area contributed by atoms with Crippen LogP contribution < -0.4 is 14.9 Å². The van der Waals surface area contributed by atoms with Crippen molar-refractivity contribution in [2.75, 3.05) is 30.9 Å². The van der Waals surface area contributed by atoms with Gasteiger partial charge in [-0.15, -0.1) is 0 Å². The van der Waals surface area contributed by atoms with Crippen molar-refractivity contribution in [2.45, 2.75) is 24.0 Å². The zero-order chi connectivity index (χ0) is 23.2. The zero-order valence-corrected chi connectivity index (χ0v) is 20.0. The van der Waals surface area contributed by atoms with Crippen LogP contribution in [0.1, 0.15) is 16.8 Å². The predicted molar refractivity (Wildman–Crippen MR) is 127 cm³/mol. The van der Waals surface area contributed by atoms with Crippen LogP contribution in [0.2, 0.25) is 0 Å². The Morgan fingerprint density at radius 3 is 2.47 bits per heavy atom. The van der Waals surface area contributed by atoms with Gasteiger partial charge in [-0.2, -0.15) is 0 Å². The number of nitrogens with two attached hydrogens (primary N) is 1. The highest BCUT2D eigenvalue weighted by atomic mass is 32.2. The Kier molecular flexibility index (Phi) is 5.78. The number of rotatable bonds is 5. The molecule has 0 aliphatic heterocycles. The van der Waals surface area contributed by atoms with Crippen LogP contribution in [0.3, 0.4) is 0 Å². The average molecular weight is 472 g/mol. The molecule has 4 rings (SSSR count). The fourth-order valence-corrected chi connectivity index (χ4v) is 5.84. The summed E-state index contributed by atoms with van der Waals surface area (Å²) in [5.41, 5.74) is 4.48. The minimum Gasteiger partial charge on any atom is -0.363 e. The lowest BCUT2D eigenvalue weighted by molar-refractivity contribution is -0.121. The van der Waals surface area contributed by atoms with E-state index in [0.717, 1.165) is 39.5 Å². The number of aromatic nitrogens is 2. The maximum Gasteiger partial charge on any atom is 0.249 e. The van der Waals surface area contributed by atoms with Crippen molar-refractivity contribution >= 4 is 38.2 Å². The van der Waals surface area contributed by atoms with E-state index in [4.69, 9.17) is 10.1 Å². The molecule has 0 fully saturated rings. The van der Waals surface area contributed by atoms with Gasteiger partial charge in [-0.1, -0.05) is 29.5 Å². The molecule has 2 aromatic heterocycles. The summed E-state index contributed by atoms with van der Waals surface area (Å²) in [6.45, 7) is 1.57. The first-order valence-corrected chi connectivity index (χ1v) is 12.4. The molecular weight excluding hydrogens is 446 g/mol. The van der Waals surface area contributed by atoms with Crippen molar-refractivity contribution in [3.05, 3.63) is 53.2 Å². The molecule has 1 aliphatic carbocycles. The van der Waals surface area contributed by atoms with Gasteiger partial charge in [-0.25, -0.2) is 23.5 Å². The summed E-state index contributed by atoms with van der Waals surface area (Å²) in [6.07, 6.45) is 1.25. The molecule has 10 heteroatoms. The van der Waals surface area contributed by atoms with E-state index in [1.807, 2.05) is 43.3 Å². The second-order valence-electron chi connectivity index (χ2n) is 8.18. The van der Waals surface area contributed by atoms with Crippen LogP contribution >= 0.6 is 11.3 Å². The molecule has 0 radical (unpaired) electrons. The molecule has 168 valence electrons. The Bertz CT molecular complexity index is 1300. The number of carbonyl (C=O) groups excluding carboxylic acids is 1. The summed E-state index contributed by atoms with van der Waals surface area (Å²) in [4.78, 5) is 25.5. The van der Waals surface area contributed by atoms with Crippen molar-refractivity contribution in [1.29, 1.82) is 0 Å². The minimum atomic E-state index is -3.87. The maximum absolute atomic E-state index is 13.2. The molecule has 1 amide bonds. The number of benzene rings is 1. The van der Waals surface area contributed by atoms with Gasteiger partial charge in [0.05, 0.1) is 11.4 Å². The van der Waals surface area contributed by atoms with Gasteiger partial charge in [0.1, 0.15) is 5.82 Å². The normalized spacial score (nSPS) is 15.5. The molecule has 0 bridgehead atoms. The van der Waals surface area contributed by atoms with Crippen LogP contribution in [0.5, 0.6) is 0 Å². The molecule has 1 atom stereocenters. The SMILES string of the molecule is Cc1nc(N(C)C(=O)C2Cc3ccc(-c4cccc(N(C)C)n4)cc3C2)sc1S(N)(=O)=O. The quantitative estimate of drug-likeness (QED) is 0.613. The van der Waals surface area contributed by atoms with Crippen LogP contribution in [-0.2, 0) is 27.7 Å². The molecule has 0 spiro atoms. The fraction of sp³-hybridized carbons (Fsp3) is 0.318. The summed E-state index contributed by atoms with van der Waals surface area (Å²) in [5.74, 6) is 0.564. The van der Waals surface area contributed by atoms with Gasteiger partial charge in [0, 0.05) is 32.6 Å². The number of hydrogen-bond acceptors (Lipinski definition) is 7. The molecular formula is C22H25N5O3S2. The van der Waals surface area contributed by atoms with E-state index >= 15 is 0 Å². The molecule has 0 saturated carbocycles. The van der Waals surface area contributed by atoms with E-state index in [-0.39, 0.29) is 16.0 Å². The molecule has 3 aromatic rings. The van der Waals surface area contributed by atoms with Gasteiger partial charge in [0.2, 0.25) is 15.9 Å².